The highest BCUT2D eigenvalue weighted by Gasteiger charge is 2.11. The highest BCUT2D eigenvalue weighted by Crippen LogP contribution is 2.27. The quantitative estimate of drug-likeness (QED) is 0.671. The largest absolute Gasteiger partial charge is 0.490 e. The van der Waals surface area contributed by atoms with Gasteiger partial charge in [0.25, 0.3) is 0 Å². The van der Waals surface area contributed by atoms with E-state index in [1.165, 1.54) is 6.07 Å². The summed E-state index contributed by atoms with van der Waals surface area (Å²) in [6.07, 6.45) is 0.633. The first-order valence-corrected chi connectivity index (χ1v) is 4.92. The van der Waals surface area contributed by atoms with Crippen molar-refractivity contribution in [2.75, 3.05) is 13.2 Å². The number of ether oxygens (including phenoxy) is 1. The minimum absolute atomic E-state index is 0.0340. The fraction of sp³-hybridized carbons (Fsp3) is 0.333. The minimum atomic E-state index is -0.720. The summed E-state index contributed by atoms with van der Waals surface area (Å²) in [7, 11) is 0. The fourth-order valence-corrected chi connectivity index (χ4v) is 1.21. The minimum Gasteiger partial charge on any atom is -0.490 e. The summed E-state index contributed by atoms with van der Waals surface area (Å²) in [5.41, 5.74) is 5.24. The van der Waals surface area contributed by atoms with E-state index in [4.69, 9.17) is 10.5 Å². The molecule has 2 nitrogen and oxygen atoms in total. The Morgan fingerprint density at radius 3 is 2.71 bits per heavy atom. The Bertz CT molecular complexity index is 320. The smallest absolute Gasteiger partial charge is 0.182 e. The van der Waals surface area contributed by atoms with Gasteiger partial charge >= 0.3 is 0 Å². The monoisotopic (exact) mass is 265 g/mol. The van der Waals surface area contributed by atoms with Crippen LogP contribution in [0.3, 0.4) is 0 Å². The standard InChI is InChI=1S/C9H10BrF2NO/c10-8-6(11)2-3-7(9(8)12)14-5-1-4-13/h2-3H,1,4-5,13H2. The summed E-state index contributed by atoms with van der Waals surface area (Å²) in [4.78, 5) is 0. The van der Waals surface area contributed by atoms with Crippen LogP contribution in [0.1, 0.15) is 6.42 Å². The van der Waals surface area contributed by atoms with Gasteiger partial charge in [-0.05, 0) is 41.0 Å². The molecule has 0 saturated heterocycles. The Morgan fingerprint density at radius 1 is 1.36 bits per heavy atom. The molecule has 0 unspecified atom stereocenters. The second-order valence-corrected chi connectivity index (χ2v) is 3.46. The number of hydrogen-bond donors (Lipinski definition) is 1. The highest BCUT2D eigenvalue weighted by molar-refractivity contribution is 9.10. The summed E-state index contributed by atoms with van der Waals surface area (Å²) in [5, 5.41) is 0. The van der Waals surface area contributed by atoms with E-state index in [0.29, 0.717) is 19.6 Å². The molecule has 1 rings (SSSR count). The SMILES string of the molecule is NCCCOc1ccc(F)c(Br)c1F. The van der Waals surface area contributed by atoms with E-state index in [2.05, 4.69) is 15.9 Å². The van der Waals surface area contributed by atoms with Crippen molar-refractivity contribution in [3.63, 3.8) is 0 Å². The zero-order valence-electron chi connectivity index (χ0n) is 7.40. The lowest BCUT2D eigenvalue weighted by Crippen LogP contribution is -2.07. The number of benzene rings is 1. The van der Waals surface area contributed by atoms with Gasteiger partial charge in [0.2, 0.25) is 0 Å². The molecule has 0 saturated carbocycles. The molecule has 0 spiro atoms. The molecule has 5 heteroatoms. The Hall–Kier alpha value is -0.680. The van der Waals surface area contributed by atoms with Gasteiger partial charge in [-0.1, -0.05) is 0 Å². The fourth-order valence-electron chi connectivity index (χ4n) is 0.885. The molecular formula is C9H10BrF2NO. The zero-order valence-corrected chi connectivity index (χ0v) is 8.98. The molecule has 0 aliphatic rings. The average Bonchev–Trinajstić information content (AvgIpc) is 2.18. The van der Waals surface area contributed by atoms with Gasteiger partial charge in [-0.2, -0.15) is 0 Å². The van der Waals surface area contributed by atoms with Crippen LogP contribution in [-0.2, 0) is 0 Å². The maximum Gasteiger partial charge on any atom is 0.182 e. The van der Waals surface area contributed by atoms with Crippen LogP contribution in [0.5, 0.6) is 5.75 Å². The van der Waals surface area contributed by atoms with E-state index in [1.807, 2.05) is 0 Å². The maximum atomic E-state index is 13.2. The lowest BCUT2D eigenvalue weighted by atomic mass is 10.3. The average molecular weight is 266 g/mol. The van der Waals surface area contributed by atoms with E-state index in [1.54, 1.807) is 0 Å². The van der Waals surface area contributed by atoms with Crippen LogP contribution in [0.15, 0.2) is 16.6 Å². The summed E-state index contributed by atoms with van der Waals surface area (Å²) in [6, 6.07) is 2.40. The van der Waals surface area contributed by atoms with Gasteiger partial charge in [-0.3, -0.25) is 0 Å². The van der Waals surface area contributed by atoms with Crippen LogP contribution in [-0.4, -0.2) is 13.2 Å². The van der Waals surface area contributed by atoms with E-state index >= 15 is 0 Å². The Balaban J connectivity index is 2.73. The second kappa shape index (κ2) is 5.26. The first-order chi connectivity index (χ1) is 6.66. The molecule has 0 bridgehead atoms. The molecule has 1 aromatic carbocycles. The molecule has 0 fully saturated rings. The number of hydrogen-bond acceptors (Lipinski definition) is 2. The van der Waals surface area contributed by atoms with E-state index in [9.17, 15) is 8.78 Å². The molecule has 0 aromatic heterocycles. The number of rotatable bonds is 4. The molecule has 0 radical (unpaired) electrons. The van der Waals surface area contributed by atoms with Crippen molar-refractivity contribution >= 4 is 15.9 Å². The Morgan fingerprint density at radius 2 is 2.07 bits per heavy atom. The van der Waals surface area contributed by atoms with Crippen LogP contribution in [0, 0.1) is 11.6 Å². The second-order valence-electron chi connectivity index (χ2n) is 2.66. The predicted molar refractivity (Wildman–Crippen MR) is 53.2 cm³/mol. The molecule has 0 aliphatic carbocycles. The van der Waals surface area contributed by atoms with Gasteiger partial charge in [0.05, 0.1) is 11.1 Å². The predicted octanol–water partition coefficient (Wildman–Crippen LogP) is 2.45. The molecule has 2 N–H and O–H groups in total. The summed E-state index contributed by atoms with van der Waals surface area (Å²) in [5.74, 6) is -1.33. The van der Waals surface area contributed by atoms with Gasteiger partial charge in [0.1, 0.15) is 5.82 Å². The van der Waals surface area contributed by atoms with Crippen molar-refractivity contribution in [1.82, 2.24) is 0 Å². The topological polar surface area (TPSA) is 35.2 Å². The normalized spacial score (nSPS) is 10.3. The molecule has 78 valence electrons. The zero-order chi connectivity index (χ0) is 10.6. The third-order valence-electron chi connectivity index (χ3n) is 1.61. The Kier molecular flexibility index (Phi) is 4.28. The van der Waals surface area contributed by atoms with Crippen LogP contribution in [0.4, 0.5) is 8.78 Å². The van der Waals surface area contributed by atoms with Crippen molar-refractivity contribution in [3.05, 3.63) is 28.2 Å². The van der Waals surface area contributed by atoms with Crippen LogP contribution in [0.25, 0.3) is 0 Å². The third kappa shape index (κ3) is 2.65. The van der Waals surface area contributed by atoms with Gasteiger partial charge in [0.15, 0.2) is 11.6 Å². The summed E-state index contributed by atoms with van der Waals surface area (Å²) >= 11 is 2.78. The van der Waals surface area contributed by atoms with Crippen molar-refractivity contribution in [3.8, 4) is 5.75 Å². The van der Waals surface area contributed by atoms with Crippen molar-refractivity contribution < 1.29 is 13.5 Å². The molecule has 1 aromatic rings. The molecule has 0 amide bonds. The van der Waals surface area contributed by atoms with E-state index in [-0.39, 0.29) is 10.2 Å². The molecule has 0 atom stereocenters. The molecule has 14 heavy (non-hydrogen) atoms. The molecular weight excluding hydrogens is 256 g/mol. The summed E-state index contributed by atoms with van der Waals surface area (Å²) < 4.78 is 30.9. The van der Waals surface area contributed by atoms with Gasteiger partial charge in [0, 0.05) is 0 Å². The van der Waals surface area contributed by atoms with Gasteiger partial charge in [-0.15, -0.1) is 0 Å². The Labute approximate surface area is 89.2 Å². The van der Waals surface area contributed by atoms with Crippen molar-refractivity contribution in [1.29, 1.82) is 0 Å². The summed E-state index contributed by atoms with van der Waals surface area (Å²) in [6.45, 7) is 0.801. The van der Waals surface area contributed by atoms with Gasteiger partial charge < -0.3 is 10.5 Å². The molecule has 0 aliphatic heterocycles. The maximum absolute atomic E-state index is 13.2. The third-order valence-corrected chi connectivity index (χ3v) is 2.33. The van der Waals surface area contributed by atoms with Gasteiger partial charge in [-0.25, -0.2) is 8.78 Å². The van der Waals surface area contributed by atoms with Crippen LogP contribution < -0.4 is 10.5 Å². The highest BCUT2D eigenvalue weighted by atomic mass is 79.9. The lowest BCUT2D eigenvalue weighted by Gasteiger charge is -2.07. The molecule has 0 heterocycles. The van der Waals surface area contributed by atoms with Crippen molar-refractivity contribution in [2.24, 2.45) is 5.73 Å². The number of nitrogens with two attached hydrogens (primary N) is 1. The van der Waals surface area contributed by atoms with Crippen LogP contribution in [0.2, 0.25) is 0 Å². The van der Waals surface area contributed by atoms with E-state index in [0.717, 1.165) is 6.07 Å². The lowest BCUT2D eigenvalue weighted by molar-refractivity contribution is 0.296. The number of halogens is 3. The first-order valence-electron chi connectivity index (χ1n) is 4.13. The van der Waals surface area contributed by atoms with Crippen LogP contribution >= 0.6 is 15.9 Å². The van der Waals surface area contributed by atoms with E-state index < -0.39 is 11.6 Å². The first kappa shape index (κ1) is 11.4. The van der Waals surface area contributed by atoms with Crippen molar-refractivity contribution in [2.45, 2.75) is 6.42 Å².